The molecule has 0 bridgehead atoms. The van der Waals surface area contributed by atoms with Crippen LogP contribution < -0.4 is 0 Å². The fourth-order valence-electron chi connectivity index (χ4n) is 0.668. The van der Waals surface area contributed by atoms with E-state index in [1.807, 2.05) is 13.0 Å². The Hall–Kier alpha value is -0.570. The van der Waals surface area contributed by atoms with Crippen LogP contribution in [0, 0.1) is 0 Å². The molecule has 0 aliphatic carbocycles. The summed E-state index contributed by atoms with van der Waals surface area (Å²) in [5.74, 6) is 0. The Labute approximate surface area is 68.5 Å². The molecule has 2 nitrogen and oxygen atoms in total. The summed E-state index contributed by atoms with van der Waals surface area (Å²) in [6, 6.07) is 0. The maximum atomic E-state index is 10.9. The maximum absolute atomic E-state index is 10.9. The molecule has 0 aromatic heterocycles. The highest BCUT2D eigenvalue weighted by Gasteiger charge is 2.04. The number of sulfone groups is 1. The molecule has 64 valence electrons. The van der Waals surface area contributed by atoms with Crippen molar-refractivity contribution in [2.45, 2.75) is 20.3 Å². The molecule has 0 amide bonds. The first kappa shape index (κ1) is 10.4. The highest BCUT2D eigenvalue weighted by Crippen LogP contribution is 2.05. The summed E-state index contributed by atoms with van der Waals surface area (Å²) in [5.41, 5.74) is 0. The molecule has 0 aliphatic heterocycles. The highest BCUT2D eigenvalue weighted by molar-refractivity contribution is 7.94. The van der Waals surface area contributed by atoms with E-state index in [0.717, 1.165) is 6.42 Å². The van der Waals surface area contributed by atoms with Gasteiger partial charge in [0.2, 0.25) is 0 Å². The summed E-state index contributed by atoms with van der Waals surface area (Å²) >= 11 is 0. The Morgan fingerprint density at radius 3 is 2.27 bits per heavy atom. The molecule has 3 heteroatoms. The van der Waals surface area contributed by atoms with Crippen LogP contribution in [0.3, 0.4) is 0 Å². The minimum absolute atomic E-state index is 0.388. The normalized spacial score (nSPS) is 14.3. The zero-order valence-electron chi connectivity index (χ0n) is 7.16. The molecule has 0 heterocycles. The van der Waals surface area contributed by atoms with Gasteiger partial charge in [0.25, 0.3) is 0 Å². The van der Waals surface area contributed by atoms with Crippen molar-refractivity contribution in [2.24, 2.45) is 0 Å². The van der Waals surface area contributed by atoms with Crippen LogP contribution in [0.4, 0.5) is 0 Å². The number of hydrogen-bond donors (Lipinski definition) is 0. The van der Waals surface area contributed by atoms with Crippen molar-refractivity contribution in [1.82, 2.24) is 0 Å². The van der Waals surface area contributed by atoms with Crippen LogP contribution in [-0.2, 0) is 9.84 Å². The monoisotopic (exact) mass is 174 g/mol. The van der Waals surface area contributed by atoms with Crippen LogP contribution in [0.1, 0.15) is 20.3 Å². The third-order valence-corrected chi connectivity index (χ3v) is 2.46. The molecule has 0 fully saturated rings. The number of rotatable bonds is 3. The molecule has 0 aliphatic rings. The molecule has 0 radical (unpaired) electrons. The predicted octanol–water partition coefficient (Wildman–Crippen LogP) is 1.90. The van der Waals surface area contributed by atoms with E-state index in [1.165, 1.54) is 6.26 Å². The Bertz CT molecular complexity index is 258. The van der Waals surface area contributed by atoms with E-state index in [4.69, 9.17) is 0 Å². The van der Waals surface area contributed by atoms with E-state index in [0.29, 0.717) is 4.91 Å². The zero-order chi connectivity index (χ0) is 8.91. The van der Waals surface area contributed by atoms with Crippen LogP contribution >= 0.6 is 0 Å². The molecule has 0 unspecified atom stereocenters. The van der Waals surface area contributed by atoms with E-state index < -0.39 is 9.84 Å². The minimum atomic E-state index is -3.01. The van der Waals surface area contributed by atoms with Crippen molar-refractivity contribution in [3.8, 4) is 0 Å². The molecular formula is C8H14O2S. The summed E-state index contributed by atoms with van der Waals surface area (Å²) in [6.45, 7) is 3.68. The lowest BCUT2D eigenvalue weighted by atomic mass is 10.4. The van der Waals surface area contributed by atoms with E-state index in [1.54, 1.807) is 19.1 Å². The van der Waals surface area contributed by atoms with E-state index in [2.05, 4.69) is 0 Å². The van der Waals surface area contributed by atoms with Gasteiger partial charge in [0, 0.05) is 6.26 Å². The Morgan fingerprint density at radius 1 is 1.45 bits per heavy atom. The first-order valence-electron chi connectivity index (χ1n) is 3.55. The van der Waals surface area contributed by atoms with Gasteiger partial charge in [-0.25, -0.2) is 8.42 Å². The van der Waals surface area contributed by atoms with Gasteiger partial charge in [-0.05, 0) is 19.4 Å². The lowest BCUT2D eigenvalue weighted by Crippen LogP contribution is -1.97. The quantitative estimate of drug-likeness (QED) is 0.612. The summed E-state index contributed by atoms with van der Waals surface area (Å²) in [5, 5.41) is 0. The molecular weight excluding hydrogens is 160 g/mol. The molecule has 0 N–H and O–H groups in total. The zero-order valence-corrected chi connectivity index (χ0v) is 7.98. The average Bonchev–Trinajstić information content (AvgIpc) is 1.87. The molecule has 0 saturated heterocycles. The van der Waals surface area contributed by atoms with Crippen LogP contribution in [0.2, 0.25) is 0 Å². The van der Waals surface area contributed by atoms with Crippen molar-refractivity contribution in [1.29, 1.82) is 0 Å². The lowest BCUT2D eigenvalue weighted by Gasteiger charge is -1.95. The van der Waals surface area contributed by atoms with Crippen molar-refractivity contribution in [2.75, 3.05) is 6.26 Å². The largest absolute Gasteiger partial charge is 0.224 e. The van der Waals surface area contributed by atoms with Crippen molar-refractivity contribution < 1.29 is 8.42 Å². The topological polar surface area (TPSA) is 34.1 Å². The van der Waals surface area contributed by atoms with E-state index >= 15 is 0 Å². The van der Waals surface area contributed by atoms with Gasteiger partial charge >= 0.3 is 0 Å². The lowest BCUT2D eigenvalue weighted by molar-refractivity contribution is 0.608. The second-order valence-electron chi connectivity index (χ2n) is 2.27. The summed E-state index contributed by atoms with van der Waals surface area (Å²) in [6.07, 6.45) is 7.13. The minimum Gasteiger partial charge on any atom is -0.224 e. The maximum Gasteiger partial charge on any atom is 0.175 e. The molecule has 0 rings (SSSR count). The standard InChI is InChI=1S/C8H14O2S/c1-4-6-7-8(5-2)11(3,9)10/h5-7H,4H2,1-3H3/b7-6-,8-5+. The fourth-order valence-corrected chi connectivity index (χ4v) is 1.44. The number of hydrogen-bond acceptors (Lipinski definition) is 2. The molecule has 0 aromatic carbocycles. The Balaban J connectivity index is 4.61. The highest BCUT2D eigenvalue weighted by atomic mass is 32.2. The van der Waals surface area contributed by atoms with Gasteiger partial charge in [0.15, 0.2) is 9.84 Å². The molecule has 0 spiro atoms. The third kappa shape index (κ3) is 3.98. The van der Waals surface area contributed by atoms with Crippen LogP contribution in [0.25, 0.3) is 0 Å². The first-order chi connectivity index (χ1) is 5.02. The van der Waals surface area contributed by atoms with Gasteiger partial charge in [-0.2, -0.15) is 0 Å². The van der Waals surface area contributed by atoms with E-state index in [9.17, 15) is 8.42 Å². The SMILES string of the molecule is C/C=C(\C=C/CC)S(C)(=O)=O. The van der Waals surface area contributed by atoms with Crippen molar-refractivity contribution in [3.63, 3.8) is 0 Å². The van der Waals surface area contributed by atoms with E-state index in [-0.39, 0.29) is 0 Å². The van der Waals surface area contributed by atoms with Crippen molar-refractivity contribution in [3.05, 3.63) is 23.1 Å². The van der Waals surface area contributed by atoms with Gasteiger partial charge in [0.1, 0.15) is 0 Å². The Kier molecular flexibility index (Phi) is 4.11. The molecule has 0 aromatic rings. The second kappa shape index (κ2) is 4.34. The average molecular weight is 174 g/mol. The predicted molar refractivity (Wildman–Crippen MR) is 48.0 cm³/mol. The van der Waals surface area contributed by atoms with Crippen LogP contribution in [-0.4, -0.2) is 14.7 Å². The van der Waals surface area contributed by atoms with Gasteiger partial charge in [0.05, 0.1) is 4.91 Å². The number of allylic oxidation sites excluding steroid dienone is 3. The smallest absolute Gasteiger partial charge is 0.175 e. The second-order valence-corrected chi connectivity index (χ2v) is 4.29. The first-order valence-corrected chi connectivity index (χ1v) is 5.44. The summed E-state index contributed by atoms with van der Waals surface area (Å²) in [4.78, 5) is 0.388. The van der Waals surface area contributed by atoms with Crippen LogP contribution in [0.5, 0.6) is 0 Å². The van der Waals surface area contributed by atoms with Gasteiger partial charge in [-0.15, -0.1) is 0 Å². The Morgan fingerprint density at radius 2 is 2.00 bits per heavy atom. The summed E-state index contributed by atoms with van der Waals surface area (Å²) < 4.78 is 21.9. The van der Waals surface area contributed by atoms with Crippen LogP contribution in [0.15, 0.2) is 23.1 Å². The van der Waals surface area contributed by atoms with Gasteiger partial charge < -0.3 is 0 Å². The van der Waals surface area contributed by atoms with Gasteiger partial charge in [-0.1, -0.05) is 19.1 Å². The molecule has 11 heavy (non-hydrogen) atoms. The molecule has 0 atom stereocenters. The van der Waals surface area contributed by atoms with Crippen molar-refractivity contribution >= 4 is 9.84 Å². The van der Waals surface area contributed by atoms with Gasteiger partial charge in [-0.3, -0.25) is 0 Å². The molecule has 0 saturated carbocycles. The summed E-state index contributed by atoms with van der Waals surface area (Å²) in [7, 11) is -3.01. The third-order valence-electron chi connectivity index (χ3n) is 1.23. The fraction of sp³-hybridized carbons (Fsp3) is 0.500.